The smallest absolute Gasteiger partial charge is 0.293 e. The summed E-state index contributed by atoms with van der Waals surface area (Å²) < 4.78 is 26.9. The molecule has 8 nitrogen and oxygen atoms in total. The van der Waals surface area contributed by atoms with Crippen LogP contribution < -0.4 is 10.5 Å². The molecule has 0 atom stereocenters. The molecule has 112 valence electrons. The third-order valence-corrected chi connectivity index (χ3v) is 5.14. The van der Waals surface area contributed by atoms with Crippen LogP contribution in [0.25, 0.3) is 0 Å². The van der Waals surface area contributed by atoms with Gasteiger partial charge in [-0.25, -0.2) is 13.4 Å². The van der Waals surface area contributed by atoms with Gasteiger partial charge in [0.2, 0.25) is 0 Å². The Bertz CT molecular complexity index is 814. The molecule has 0 bridgehead atoms. The molecule has 0 fully saturated rings. The average molecular weight is 328 g/mol. The number of anilines is 2. The van der Waals surface area contributed by atoms with Gasteiger partial charge in [-0.2, -0.15) is 0 Å². The summed E-state index contributed by atoms with van der Waals surface area (Å²) in [6.07, 6.45) is 0. The summed E-state index contributed by atoms with van der Waals surface area (Å²) in [5, 5.41) is 12.8. The molecular formula is C11H12N4O4S2. The molecule has 0 aliphatic heterocycles. The Kier molecular flexibility index (Phi) is 3.83. The molecule has 0 spiro atoms. The first-order chi connectivity index (χ1) is 9.70. The van der Waals surface area contributed by atoms with Crippen LogP contribution in [-0.4, -0.2) is 18.3 Å². The minimum Gasteiger partial charge on any atom is -0.393 e. The SMILES string of the molecule is Cc1csc(NS(=O)(=O)c2cc([N+](=O)[O-])c(N)cc2C)n1. The Hall–Kier alpha value is -2.20. The number of thiazole rings is 1. The number of nitrogen functional groups attached to an aromatic ring is 1. The van der Waals surface area contributed by atoms with E-state index in [2.05, 4.69) is 9.71 Å². The van der Waals surface area contributed by atoms with Gasteiger partial charge in [-0.1, -0.05) is 0 Å². The summed E-state index contributed by atoms with van der Waals surface area (Å²) in [4.78, 5) is 14.0. The molecule has 0 aliphatic carbocycles. The van der Waals surface area contributed by atoms with E-state index in [9.17, 15) is 18.5 Å². The van der Waals surface area contributed by atoms with Gasteiger partial charge in [0.05, 0.1) is 15.5 Å². The van der Waals surface area contributed by atoms with Gasteiger partial charge in [-0.15, -0.1) is 11.3 Å². The van der Waals surface area contributed by atoms with Crippen molar-refractivity contribution in [3.05, 3.63) is 38.9 Å². The molecule has 21 heavy (non-hydrogen) atoms. The molecule has 0 amide bonds. The van der Waals surface area contributed by atoms with Crippen molar-refractivity contribution >= 4 is 37.9 Å². The number of sulfonamides is 1. The van der Waals surface area contributed by atoms with E-state index in [4.69, 9.17) is 5.73 Å². The molecule has 0 unspecified atom stereocenters. The number of hydrogen-bond donors (Lipinski definition) is 2. The lowest BCUT2D eigenvalue weighted by Crippen LogP contribution is -2.15. The third-order valence-electron chi connectivity index (χ3n) is 2.65. The van der Waals surface area contributed by atoms with Crippen molar-refractivity contribution in [1.29, 1.82) is 0 Å². The maximum Gasteiger partial charge on any atom is 0.293 e. The fraction of sp³-hybridized carbons (Fsp3) is 0.182. The topological polar surface area (TPSA) is 128 Å². The number of nitrogens with two attached hydrogens (primary N) is 1. The number of aromatic nitrogens is 1. The highest BCUT2D eigenvalue weighted by Crippen LogP contribution is 2.29. The van der Waals surface area contributed by atoms with Crippen LogP contribution in [0.15, 0.2) is 22.4 Å². The summed E-state index contributed by atoms with van der Waals surface area (Å²) in [5.74, 6) is 0. The van der Waals surface area contributed by atoms with Crippen LogP contribution in [0.5, 0.6) is 0 Å². The predicted octanol–water partition coefficient (Wildman–Crippen LogP) is 2.05. The number of benzene rings is 1. The number of nitro groups is 1. The van der Waals surface area contributed by atoms with Crippen molar-refractivity contribution in [3.63, 3.8) is 0 Å². The van der Waals surface area contributed by atoms with E-state index in [-0.39, 0.29) is 15.7 Å². The van der Waals surface area contributed by atoms with E-state index >= 15 is 0 Å². The summed E-state index contributed by atoms with van der Waals surface area (Å²) in [6, 6.07) is 2.22. The first kappa shape index (κ1) is 15.2. The molecule has 0 aliphatic rings. The van der Waals surface area contributed by atoms with Crippen molar-refractivity contribution in [1.82, 2.24) is 4.98 Å². The van der Waals surface area contributed by atoms with Gasteiger partial charge in [0.25, 0.3) is 15.7 Å². The molecule has 1 aromatic carbocycles. The zero-order chi connectivity index (χ0) is 15.8. The van der Waals surface area contributed by atoms with Crippen molar-refractivity contribution < 1.29 is 13.3 Å². The molecule has 3 N–H and O–H groups in total. The van der Waals surface area contributed by atoms with Crippen molar-refractivity contribution in [2.24, 2.45) is 0 Å². The maximum atomic E-state index is 12.3. The molecule has 0 saturated heterocycles. The summed E-state index contributed by atoms with van der Waals surface area (Å²) in [6.45, 7) is 3.25. The molecule has 1 aromatic heterocycles. The number of nitrogens with zero attached hydrogens (tertiary/aromatic N) is 2. The number of rotatable bonds is 4. The summed E-state index contributed by atoms with van der Waals surface area (Å²) in [7, 11) is -3.97. The molecule has 0 radical (unpaired) electrons. The van der Waals surface area contributed by atoms with E-state index in [0.29, 0.717) is 11.3 Å². The highest BCUT2D eigenvalue weighted by atomic mass is 32.2. The monoisotopic (exact) mass is 328 g/mol. The molecule has 2 aromatic rings. The van der Waals surface area contributed by atoms with Crippen molar-refractivity contribution in [2.45, 2.75) is 18.7 Å². The van der Waals surface area contributed by atoms with E-state index in [1.54, 1.807) is 12.3 Å². The standard InChI is InChI=1S/C11H12N4O4S2/c1-6-3-8(12)9(15(16)17)4-10(6)21(18,19)14-11-13-7(2)5-20-11/h3-5H,12H2,1-2H3,(H,13,14). The van der Waals surface area contributed by atoms with Gasteiger partial charge in [-0.05, 0) is 25.5 Å². The first-order valence-corrected chi connectivity index (χ1v) is 8.06. The van der Waals surface area contributed by atoms with Gasteiger partial charge in [0.1, 0.15) is 5.69 Å². The third kappa shape index (κ3) is 3.11. The maximum absolute atomic E-state index is 12.3. The second-order valence-corrected chi connectivity index (χ2v) is 6.84. The predicted molar refractivity (Wildman–Crippen MR) is 79.9 cm³/mol. The van der Waals surface area contributed by atoms with Crippen molar-refractivity contribution in [2.75, 3.05) is 10.5 Å². The van der Waals surface area contributed by atoms with Gasteiger partial charge >= 0.3 is 0 Å². The first-order valence-electron chi connectivity index (χ1n) is 5.70. The van der Waals surface area contributed by atoms with Gasteiger partial charge < -0.3 is 5.73 Å². The number of aryl methyl sites for hydroxylation is 2. The highest BCUT2D eigenvalue weighted by molar-refractivity contribution is 7.93. The van der Waals surface area contributed by atoms with Crippen LogP contribution in [-0.2, 0) is 10.0 Å². The lowest BCUT2D eigenvalue weighted by molar-refractivity contribution is -0.384. The van der Waals surface area contributed by atoms with Crippen LogP contribution in [0.1, 0.15) is 11.3 Å². The Morgan fingerprint density at radius 1 is 1.38 bits per heavy atom. The van der Waals surface area contributed by atoms with Gasteiger partial charge in [0.15, 0.2) is 5.13 Å². The molecule has 10 heteroatoms. The molecule has 1 heterocycles. The number of nitrogens with one attached hydrogen (secondary N) is 1. The van der Waals surface area contributed by atoms with Crippen LogP contribution in [0.4, 0.5) is 16.5 Å². The molecule has 2 rings (SSSR count). The van der Waals surface area contributed by atoms with E-state index in [1.807, 2.05) is 0 Å². The second-order valence-electron chi connectivity index (χ2n) is 4.33. The number of nitro benzene ring substituents is 1. The minimum atomic E-state index is -3.97. The van der Waals surface area contributed by atoms with Crippen LogP contribution in [0.2, 0.25) is 0 Å². The Balaban J connectivity index is 2.49. The molecule has 0 saturated carbocycles. The molecular weight excluding hydrogens is 316 g/mol. The van der Waals surface area contributed by atoms with Crippen LogP contribution in [0, 0.1) is 24.0 Å². The van der Waals surface area contributed by atoms with Gasteiger partial charge in [0, 0.05) is 11.4 Å². The zero-order valence-corrected chi connectivity index (χ0v) is 12.8. The quantitative estimate of drug-likeness (QED) is 0.502. The Morgan fingerprint density at radius 3 is 2.57 bits per heavy atom. The lowest BCUT2D eigenvalue weighted by Gasteiger charge is -2.09. The second kappa shape index (κ2) is 5.30. The Labute approximate surface area is 124 Å². The fourth-order valence-electron chi connectivity index (χ4n) is 1.72. The summed E-state index contributed by atoms with van der Waals surface area (Å²) in [5.41, 5.74) is 5.99. The van der Waals surface area contributed by atoms with Crippen LogP contribution in [0.3, 0.4) is 0 Å². The van der Waals surface area contributed by atoms with E-state index < -0.39 is 20.6 Å². The fourth-order valence-corrected chi connectivity index (χ4v) is 3.91. The lowest BCUT2D eigenvalue weighted by atomic mass is 10.2. The van der Waals surface area contributed by atoms with Gasteiger partial charge in [-0.3, -0.25) is 14.8 Å². The Morgan fingerprint density at radius 2 is 2.05 bits per heavy atom. The number of hydrogen-bond acceptors (Lipinski definition) is 7. The summed E-state index contributed by atoms with van der Waals surface area (Å²) >= 11 is 1.13. The largest absolute Gasteiger partial charge is 0.393 e. The van der Waals surface area contributed by atoms with Crippen LogP contribution >= 0.6 is 11.3 Å². The van der Waals surface area contributed by atoms with E-state index in [1.165, 1.54) is 13.0 Å². The zero-order valence-electron chi connectivity index (χ0n) is 11.2. The van der Waals surface area contributed by atoms with Crippen molar-refractivity contribution in [3.8, 4) is 0 Å². The minimum absolute atomic E-state index is 0.0819. The highest BCUT2D eigenvalue weighted by Gasteiger charge is 2.24. The van der Waals surface area contributed by atoms with E-state index in [0.717, 1.165) is 17.4 Å². The normalized spacial score (nSPS) is 11.3. The average Bonchev–Trinajstić information content (AvgIpc) is 2.72.